The van der Waals surface area contributed by atoms with Crippen LogP contribution in [0, 0.1) is 0 Å². The molecule has 0 saturated carbocycles. The highest BCUT2D eigenvalue weighted by molar-refractivity contribution is 5.14. The summed E-state index contributed by atoms with van der Waals surface area (Å²) >= 11 is 0. The quantitative estimate of drug-likeness (QED) is 0.676. The van der Waals surface area contributed by atoms with Gasteiger partial charge in [0.05, 0.1) is 19.3 Å². The maximum absolute atomic E-state index is 9.21. The van der Waals surface area contributed by atoms with E-state index < -0.39 is 0 Å². The molecule has 3 nitrogen and oxygen atoms in total. The van der Waals surface area contributed by atoms with Gasteiger partial charge >= 0.3 is 0 Å². The minimum Gasteiger partial charge on any atom is -0.395 e. The zero-order valence-corrected chi connectivity index (χ0v) is 9.42. The Bertz CT molecular complexity index is 300. The summed E-state index contributed by atoms with van der Waals surface area (Å²) in [5.74, 6) is 0. The van der Waals surface area contributed by atoms with Crippen LogP contribution in [-0.4, -0.2) is 40.9 Å². The Labute approximate surface area is 96.6 Å². The van der Waals surface area contributed by atoms with Crippen LogP contribution in [0.15, 0.2) is 43.0 Å². The third-order valence-corrected chi connectivity index (χ3v) is 2.54. The predicted molar refractivity (Wildman–Crippen MR) is 65.0 cm³/mol. The highest BCUT2D eigenvalue weighted by Gasteiger charge is 2.13. The Balaban J connectivity index is 2.67. The minimum atomic E-state index is -0.104. The first kappa shape index (κ1) is 12.9. The fraction of sp³-hybridized carbons (Fsp3) is 0.385. The standard InChI is InChI=1S/C13H19NO2/c1-2-13(11-16)14(8-9-15)10-12-6-4-3-5-7-12/h2-7,13,15-16H,1,8-11H2. The fourth-order valence-electron chi connectivity index (χ4n) is 1.65. The van der Waals surface area contributed by atoms with E-state index >= 15 is 0 Å². The van der Waals surface area contributed by atoms with Gasteiger partial charge in [-0.05, 0) is 5.56 Å². The van der Waals surface area contributed by atoms with Gasteiger partial charge in [-0.15, -0.1) is 6.58 Å². The van der Waals surface area contributed by atoms with E-state index in [4.69, 9.17) is 5.11 Å². The average molecular weight is 221 g/mol. The van der Waals surface area contributed by atoms with Crippen molar-refractivity contribution < 1.29 is 10.2 Å². The lowest BCUT2D eigenvalue weighted by Crippen LogP contribution is -2.37. The van der Waals surface area contributed by atoms with E-state index in [1.165, 1.54) is 0 Å². The van der Waals surface area contributed by atoms with Gasteiger partial charge in [-0.3, -0.25) is 4.90 Å². The van der Waals surface area contributed by atoms with Crippen LogP contribution in [-0.2, 0) is 6.54 Å². The van der Waals surface area contributed by atoms with Gasteiger partial charge in [-0.1, -0.05) is 36.4 Å². The third-order valence-electron chi connectivity index (χ3n) is 2.54. The maximum atomic E-state index is 9.21. The first-order valence-corrected chi connectivity index (χ1v) is 5.44. The number of hydrogen-bond donors (Lipinski definition) is 2. The number of aliphatic hydroxyl groups is 2. The molecule has 0 aliphatic rings. The highest BCUT2D eigenvalue weighted by atomic mass is 16.3. The molecule has 16 heavy (non-hydrogen) atoms. The Hall–Kier alpha value is -1.16. The molecule has 0 aliphatic carbocycles. The molecule has 1 aromatic carbocycles. The van der Waals surface area contributed by atoms with Crippen LogP contribution < -0.4 is 0 Å². The van der Waals surface area contributed by atoms with Gasteiger partial charge in [-0.25, -0.2) is 0 Å². The average Bonchev–Trinajstić information content (AvgIpc) is 2.32. The van der Waals surface area contributed by atoms with Gasteiger partial charge in [-0.2, -0.15) is 0 Å². The molecule has 0 aromatic heterocycles. The van der Waals surface area contributed by atoms with Crippen molar-refractivity contribution in [3.63, 3.8) is 0 Å². The second-order valence-corrected chi connectivity index (χ2v) is 3.67. The number of nitrogens with zero attached hydrogens (tertiary/aromatic N) is 1. The van der Waals surface area contributed by atoms with Crippen molar-refractivity contribution >= 4 is 0 Å². The van der Waals surface area contributed by atoms with E-state index in [-0.39, 0.29) is 19.3 Å². The zero-order valence-electron chi connectivity index (χ0n) is 9.42. The van der Waals surface area contributed by atoms with Crippen molar-refractivity contribution in [1.82, 2.24) is 4.90 Å². The van der Waals surface area contributed by atoms with E-state index in [1.807, 2.05) is 35.2 Å². The van der Waals surface area contributed by atoms with Crippen molar-refractivity contribution in [3.05, 3.63) is 48.6 Å². The molecule has 3 heteroatoms. The molecule has 0 spiro atoms. The molecule has 1 atom stereocenters. The van der Waals surface area contributed by atoms with Gasteiger partial charge in [0.2, 0.25) is 0 Å². The Morgan fingerprint density at radius 3 is 2.44 bits per heavy atom. The first-order valence-electron chi connectivity index (χ1n) is 5.44. The molecule has 0 radical (unpaired) electrons. The summed E-state index contributed by atoms with van der Waals surface area (Å²) in [6, 6.07) is 9.89. The Kier molecular flexibility index (Phi) is 5.78. The van der Waals surface area contributed by atoms with Crippen LogP contribution in [0.25, 0.3) is 0 Å². The summed E-state index contributed by atoms with van der Waals surface area (Å²) in [7, 11) is 0. The lowest BCUT2D eigenvalue weighted by molar-refractivity contribution is 0.120. The van der Waals surface area contributed by atoms with Crippen LogP contribution in [0.2, 0.25) is 0 Å². The monoisotopic (exact) mass is 221 g/mol. The predicted octanol–water partition coefficient (Wildman–Crippen LogP) is 1.03. The van der Waals surface area contributed by atoms with E-state index in [2.05, 4.69) is 6.58 Å². The van der Waals surface area contributed by atoms with Crippen LogP contribution >= 0.6 is 0 Å². The van der Waals surface area contributed by atoms with E-state index in [0.29, 0.717) is 13.1 Å². The van der Waals surface area contributed by atoms with Gasteiger partial charge in [0.15, 0.2) is 0 Å². The fourth-order valence-corrected chi connectivity index (χ4v) is 1.65. The summed E-state index contributed by atoms with van der Waals surface area (Å²) in [5, 5.41) is 18.2. The summed E-state index contributed by atoms with van der Waals surface area (Å²) in [6.45, 7) is 5.04. The molecule has 0 bridgehead atoms. The van der Waals surface area contributed by atoms with Crippen LogP contribution in [0.4, 0.5) is 0 Å². The number of aliphatic hydroxyl groups excluding tert-OH is 2. The van der Waals surface area contributed by atoms with E-state index in [1.54, 1.807) is 6.08 Å². The highest BCUT2D eigenvalue weighted by Crippen LogP contribution is 2.08. The molecular formula is C13H19NO2. The van der Waals surface area contributed by atoms with Crippen LogP contribution in [0.1, 0.15) is 5.56 Å². The molecule has 2 N–H and O–H groups in total. The van der Waals surface area contributed by atoms with E-state index in [0.717, 1.165) is 5.56 Å². The minimum absolute atomic E-state index is 0.0241. The Morgan fingerprint density at radius 2 is 1.94 bits per heavy atom. The molecule has 0 saturated heterocycles. The van der Waals surface area contributed by atoms with Crippen molar-refractivity contribution in [2.75, 3.05) is 19.8 Å². The molecule has 1 rings (SSSR count). The van der Waals surface area contributed by atoms with Crippen molar-refractivity contribution in [1.29, 1.82) is 0 Å². The van der Waals surface area contributed by atoms with Crippen LogP contribution in [0.5, 0.6) is 0 Å². The molecule has 88 valence electrons. The number of hydrogen-bond acceptors (Lipinski definition) is 3. The molecule has 0 amide bonds. The number of benzene rings is 1. The summed E-state index contributed by atoms with van der Waals surface area (Å²) in [4.78, 5) is 2.00. The van der Waals surface area contributed by atoms with Crippen molar-refractivity contribution in [2.45, 2.75) is 12.6 Å². The molecule has 0 aliphatic heterocycles. The normalized spacial score (nSPS) is 12.7. The topological polar surface area (TPSA) is 43.7 Å². The summed E-state index contributed by atoms with van der Waals surface area (Å²) in [5.41, 5.74) is 1.16. The van der Waals surface area contributed by atoms with Gasteiger partial charge in [0, 0.05) is 13.1 Å². The van der Waals surface area contributed by atoms with Gasteiger partial charge in [0.25, 0.3) is 0 Å². The zero-order chi connectivity index (χ0) is 11.8. The van der Waals surface area contributed by atoms with Gasteiger partial charge < -0.3 is 10.2 Å². The maximum Gasteiger partial charge on any atom is 0.0622 e. The Morgan fingerprint density at radius 1 is 1.25 bits per heavy atom. The lowest BCUT2D eigenvalue weighted by Gasteiger charge is -2.27. The van der Waals surface area contributed by atoms with Crippen molar-refractivity contribution in [3.8, 4) is 0 Å². The van der Waals surface area contributed by atoms with E-state index in [9.17, 15) is 5.11 Å². The molecule has 0 fully saturated rings. The summed E-state index contributed by atoms with van der Waals surface area (Å²) < 4.78 is 0. The molecule has 1 unspecified atom stereocenters. The third kappa shape index (κ3) is 3.77. The molecule has 1 aromatic rings. The first-order chi connectivity index (χ1) is 7.81. The molecule has 0 heterocycles. The summed E-state index contributed by atoms with van der Waals surface area (Å²) in [6.07, 6.45) is 1.71. The van der Waals surface area contributed by atoms with Gasteiger partial charge in [0.1, 0.15) is 0 Å². The lowest BCUT2D eigenvalue weighted by atomic mass is 10.1. The van der Waals surface area contributed by atoms with Crippen molar-refractivity contribution in [2.24, 2.45) is 0 Å². The second kappa shape index (κ2) is 7.17. The second-order valence-electron chi connectivity index (χ2n) is 3.67. The number of rotatable bonds is 7. The molecular weight excluding hydrogens is 202 g/mol. The largest absolute Gasteiger partial charge is 0.395 e. The SMILES string of the molecule is C=CC(CO)N(CCO)Cc1ccccc1. The van der Waals surface area contributed by atoms with Crippen LogP contribution in [0.3, 0.4) is 0 Å². The smallest absolute Gasteiger partial charge is 0.0622 e.